The Bertz CT molecular complexity index is 2950. The van der Waals surface area contributed by atoms with Gasteiger partial charge in [0.05, 0.1) is 40.0 Å². The summed E-state index contributed by atoms with van der Waals surface area (Å²) >= 11 is 0. The van der Waals surface area contributed by atoms with Gasteiger partial charge in [0.2, 0.25) is 0 Å². The number of allylic oxidation sites excluding steroid dienone is 2. The maximum atomic E-state index is 12.6. The first-order valence-corrected chi connectivity index (χ1v) is 34.2. The molecule has 3 unspecified atom stereocenters. The number of rotatable bonds is 14. The third kappa shape index (κ3) is 18.9. The van der Waals surface area contributed by atoms with E-state index in [4.69, 9.17) is 9.47 Å². The Labute approximate surface area is 563 Å². The number of hydrogen-bond donors (Lipinski definition) is 3. The lowest BCUT2D eigenvalue weighted by Gasteiger charge is -2.51. The predicted molar refractivity (Wildman–Crippen MR) is 383 cm³/mol. The van der Waals surface area contributed by atoms with Gasteiger partial charge in [-0.15, -0.1) is 0 Å². The Kier molecular flexibility index (Phi) is 27.3. The van der Waals surface area contributed by atoms with Crippen molar-refractivity contribution in [3.05, 3.63) is 128 Å². The highest BCUT2D eigenvalue weighted by molar-refractivity contribution is 5.98. The standard InChI is InChI=1S/C17H25N2O2.C17H23N2O2.C15H29NO3.C14H23NO.C13H27NO2/c2*1-7-12(2)13-8-10-14(11-9-13)15-18(20)16(3,4)17(5,6)19(15)21;1-8-13(2,3)12(17)19-11-9-14(4,5)16(18)15(6,7)10-11;1-6-11(2)12-7-9-13(10-8-12)15(16)14(3,4)5;1-7-10(2)16-11-8-12(3,4)14(15)13(5,6)9-11/h8-12H,7H2,1-6H3;7-11H,1-6H3;11,18H,8-10H2,1-7H3;7-11,16H,6H2,1-5H3;10-11,15H,7-9H2,1-6H3/q2*-1;;;/b;12-7-;;;. The first kappa shape index (κ1) is 82.1. The Morgan fingerprint density at radius 2 is 0.925 bits per heavy atom. The molecule has 4 aliphatic rings. The third-order valence-electron chi connectivity index (χ3n) is 21.0. The minimum atomic E-state index is -0.776. The summed E-state index contributed by atoms with van der Waals surface area (Å²) in [7, 11) is 0. The summed E-state index contributed by atoms with van der Waals surface area (Å²) < 4.78 is 13.4. The minimum Gasteiger partial charge on any atom is -0.715 e. The predicted octanol–water partition coefficient (Wildman–Crippen LogP) is 18.3. The molecule has 0 spiro atoms. The lowest BCUT2D eigenvalue weighted by Crippen LogP contribution is -2.61. The van der Waals surface area contributed by atoms with Crippen molar-refractivity contribution in [3.8, 4) is 0 Å². The van der Waals surface area contributed by atoms with Crippen LogP contribution in [0.4, 0.5) is 5.69 Å². The Balaban J connectivity index is 0.000000305. The quantitative estimate of drug-likeness (QED) is 0.0593. The fourth-order valence-corrected chi connectivity index (χ4v) is 11.9. The lowest BCUT2D eigenvalue weighted by molar-refractivity contribution is -0.539. The molecule has 4 heterocycles. The smallest absolute Gasteiger partial charge is 0.311 e. The maximum Gasteiger partial charge on any atom is 0.311 e. The van der Waals surface area contributed by atoms with Crippen LogP contribution >= 0.6 is 0 Å². The van der Waals surface area contributed by atoms with E-state index in [1.54, 1.807) is 27.7 Å². The van der Waals surface area contributed by atoms with E-state index < -0.39 is 27.6 Å². The lowest BCUT2D eigenvalue weighted by atomic mass is 9.80. The number of carbonyl (C=O) groups is 1. The number of benzene rings is 3. The average Bonchev–Trinajstić information content (AvgIpc) is 1.59. The summed E-state index contributed by atoms with van der Waals surface area (Å²) in [6.07, 6.45) is 9.54. The van der Waals surface area contributed by atoms with Crippen molar-refractivity contribution in [2.45, 2.75) is 339 Å². The van der Waals surface area contributed by atoms with Gasteiger partial charge < -0.3 is 40.7 Å². The number of hydrogen-bond acceptors (Lipinski definition) is 15. The van der Waals surface area contributed by atoms with Crippen LogP contribution in [0.25, 0.3) is 5.57 Å². The van der Waals surface area contributed by atoms with Crippen LogP contribution < -0.4 is 5.06 Å². The highest BCUT2D eigenvalue weighted by atomic mass is 16.6. The number of ether oxygens (including phenoxy) is 2. The topological polar surface area (TPSA) is 211 Å². The monoisotopic (exact) mass is 1300 g/mol. The van der Waals surface area contributed by atoms with E-state index in [-0.39, 0.29) is 57.5 Å². The fraction of sp³-hybridized carbons (Fsp3) is 0.697. The van der Waals surface area contributed by atoms with E-state index >= 15 is 0 Å². The SMILES string of the molecule is C/C=C(/C)c1ccc(C2=[N+]([O-])C(C)(C)C(C)(C)N2[O-])cc1.CCC(C)(C)C(=O)OC1CC(C)(C)N(O)C(C)(C)C1.CCC(C)OC1CC(C)(C)N(O)C(C)(C)C1.CCC(C)c1ccc(C2=[N+]([O-])C(C)(C)C(C)(C)N2[O-])cc1.CCC(C)c1ccc(N(O)C(C)(C)C)cc1. The Hall–Kier alpha value is -5.11. The van der Waals surface area contributed by atoms with E-state index in [1.807, 2.05) is 178 Å². The van der Waals surface area contributed by atoms with Gasteiger partial charge in [-0.25, -0.2) is 0 Å². The summed E-state index contributed by atoms with van der Waals surface area (Å²) in [5, 5.41) is 86.5. The second-order valence-electron chi connectivity index (χ2n) is 32.9. The van der Waals surface area contributed by atoms with Crippen molar-refractivity contribution < 1.29 is 39.4 Å². The zero-order valence-electron chi connectivity index (χ0n) is 63.4. The van der Waals surface area contributed by atoms with Crippen LogP contribution in [0.3, 0.4) is 0 Å². The molecule has 0 radical (unpaired) electrons. The van der Waals surface area contributed by atoms with Crippen LogP contribution in [-0.4, -0.2) is 131 Å². The molecule has 528 valence electrons. The zero-order chi connectivity index (χ0) is 72.0. The van der Waals surface area contributed by atoms with Crippen molar-refractivity contribution in [2.24, 2.45) is 5.41 Å². The van der Waals surface area contributed by atoms with E-state index in [2.05, 4.69) is 81.4 Å². The number of carbonyl (C=O) groups excluding carboxylic acids is 1. The van der Waals surface area contributed by atoms with E-state index in [0.717, 1.165) is 75.0 Å². The molecule has 0 aliphatic carbocycles. The molecule has 0 amide bonds. The molecular formula is C76H127N7O10-2. The molecule has 2 fully saturated rings. The second kappa shape index (κ2) is 31.0. The second-order valence-corrected chi connectivity index (χ2v) is 32.9. The number of anilines is 1. The fourth-order valence-electron chi connectivity index (χ4n) is 11.9. The van der Waals surface area contributed by atoms with Crippen molar-refractivity contribution in [2.75, 3.05) is 5.06 Å². The molecule has 4 aliphatic heterocycles. The van der Waals surface area contributed by atoms with Crippen LogP contribution in [0.1, 0.15) is 299 Å². The molecule has 0 aromatic heterocycles. The van der Waals surface area contributed by atoms with Crippen LogP contribution in [0.2, 0.25) is 0 Å². The molecule has 7 rings (SSSR count). The van der Waals surface area contributed by atoms with Crippen molar-refractivity contribution in [1.82, 2.24) is 20.3 Å². The number of piperidine rings is 2. The molecule has 2 saturated heterocycles. The first-order chi connectivity index (χ1) is 42.2. The summed E-state index contributed by atoms with van der Waals surface area (Å²) in [6, 6.07) is 23.5. The molecule has 3 atom stereocenters. The van der Waals surface area contributed by atoms with Gasteiger partial charge in [0.15, 0.2) is 0 Å². The van der Waals surface area contributed by atoms with E-state index in [1.165, 1.54) is 26.3 Å². The highest BCUT2D eigenvalue weighted by Gasteiger charge is 2.56. The third-order valence-corrected chi connectivity index (χ3v) is 21.0. The average molecular weight is 1300 g/mol. The molecule has 93 heavy (non-hydrogen) atoms. The van der Waals surface area contributed by atoms with Gasteiger partial charge in [-0.2, -0.15) is 10.1 Å². The van der Waals surface area contributed by atoms with Gasteiger partial charge in [-0.05, 0) is 275 Å². The highest BCUT2D eigenvalue weighted by Crippen LogP contribution is 2.42. The van der Waals surface area contributed by atoms with Crippen molar-refractivity contribution in [3.63, 3.8) is 0 Å². The van der Waals surface area contributed by atoms with E-state index in [9.17, 15) is 41.2 Å². The molecule has 0 saturated carbocycles. The zero-order valence-corrected chi connectivity index (χ0v) is 63.4. The van der Waals surface area contributed by atoms with Gasteiger partial charge in [-0.3, -0.25) is 34.7 Å². The van der Waals surface area contributed by atoms with Gasteiger partial charge in [0.1, 0.15) is 28.3 Å². The summed E-state index contributed by atoms with van der Waals surface area (Å²) in [5.41, 5.74) is 2.03. The minimum absolute atomic E-state index is 0.133. The Morgan fingerprint density at radius 1 is 0.591 bits per heavy atom. The number of esters is 1. The van der Waals surface area contributed by atoms with Crippen LogP contribution in [-0.2, 0) is 14.3 Å². The molecule has 3 aromatic carbocycles. The Morgan fingerprint density at radius 3 is 1.22 bits per heavy atom. The number of nitrogens with zero attached hydrogens (tertiary/aromatic N) is 7. The van der Waals surface area contributed by atoms with E-state index in [0.29, 0.717) is 41.9 Å². The largest absolute Gasteiger partial charge is 0.715 e. The molecular weight excluding hydrogens is 1170 g/mol. The molecule has 17 nitrogen and oxygen atoms in total. The molecule has 0 bridgehead atoms. The van der Waals surface area contributed by atoms with Crippen LogP contribution in [0.15, 0.2) is 78.9 Å². The van der Waals surface area contributed by atoms with Gasteiger partial charge in [-0.1, -0.05) is 84.0 Å². The van der Waals surface area contributed by atoms with Crippen molar-refractivity contribution in [1.29, 1.82) is 0 Å². The summed E-state index contributed by atoms with van der Waals surface area (Å²) in [5.74, 6) is 1.32. The molecule has 3 aromatic rings. The van der Waals surface area contributed by atoms with Crippen molar-refractivity contribution >= 4 is 28.9 Å². The molecule has 3 N–H and O–H groups in total. The van der Waals surface area contributed by atoms with Gasteiger partial charge in [0.25, 0.3) is 11.7 Å². The normalized spacial score (nSPS) is 21.8. The number of amidine groups is 2. The summed E-state index contributed by atoms with van der Waals surface area (Å²) in [4.78, 5) is 12.2. The van der Waals surface area contributed by atoms with Crippen LogP contribution in [0, 0.1) is 26.2 Å². The molecule has 17 heteroatoms. The van der Waals surface area contributed by atoms with Gasteiger partial charge in [0, 0.05) is 35.0 Å². The maximum absolute atomic E-state index is 12.6. The number of hydroxylamine groups is 11. The van der Waals surface area contributed by atoms with Gasteiger partial charge >= 0.3 is 5.97 Å². The first-order valence-electron chi connectivity index (χ1n) is 34.2. The summed E-state index contributed by atoms with van der Waals surface area (Å²) in [6.45, 7) is 59.4. The van der Waals surface area contributed by atoms with Crippen LogP contribution in [0.5, 0.6) is 0 Å².